The Balaban J connectivity index is 2.76. The summed E-state index contributed by atoms with van der Waals surface area (Å²) in [5.41, 5.74) is -0.908. The average molecular weight is 278 g/mol. The molecule has 1 N–H and O–H groups in total. The predicted molar refractivity (Wildman–Crippen MR) is 76.6 cm³/mol. The number of Topliss-reactive ketones (excluding diaryl/α,β-unsaturated/α-hetero) is 1. The minimum Gasteiger partial charge on any atom is -0.508 e. The summed E-state index contributed by atoms with van der Waals surface area (Å²) in [6, 6.07) is 6.05. The van der Waals surface area contributed by atoms with Gasteiger partial charge < -0.3 is 9.84 Å². The second-order valence-corrected chi connectivity index (χ2v) is 6.59. The van der Waals surface area contributed by atoms with Crippen LogP contribution in [-0.4, -0.2) is 23.5 Å². The molecule has 0 aliphatic carbocycles. The quantitative estimate of drug-likeness (QED) is 0.678. The number of phenols is 1. The van der Waals surface area contributed by atoms with Crippen molar-refractivity contribution in [3.05, 3.63) is 29.8 Å². The average Bonchev–Trinajstić information content (AvgIpc) is 2.35. The SMILES string of the molecule is CC(C)(C)C(=O)OCC(C)(C)C(=O)c1ccc(O)cc1. The van der Waals surface area contributed by atoms with Crippen LogP contribution in [0.25, 0.3) is 0 Å². The number of hydrogen-bond donors (Lipinski definition) is 1. The zero-order valence-electron chi connectivity index (χ0n) is 12.7. The number of carbonyl (C=O) groups excluding carboxylic acids is 2. The van der Waals surface area contributed by atoms with E-state index in [1.165, 1.54) is 12.1 Å². The molecular weight excluding hydrogens is 256 g/mol. The molecule has 0 bridgehead atoms. The molecule has 4 heteroatoms. The topological polar surface area (TPSA) is 63.6 Å². The Hall–Kier alpha value is -1.84. The molecule has 0 fully saturated rings. The zero-order valence-corrected chi connectivity index (χ0v) is 12.7. The van der Waals surface area contributed by atoms with Crippen molar-refractivity contribution in [2.24, 2.45) is 10.8 Å². The fourth-order valence-electron chi connectivity index (χ4n) is 1.53. The number of benzene rings is 1. The number of aromatic hydroxyl groups is 1. The van der Waals surface area contributed by atoms with Gasteiger partial charge in [0.05, 0.1) is 10.8 Å². The van der Waals surface area contributed by atoms with Gasteiger partial charge in [-0.3, -0.25) is 9.59 Å². The van der Waals surface area contributed by atoms with Crippen LogP contribution in [0.4, 0.5) is 0 Å². The largest absolute Gasteiger partial charge is 0.508 e. The summed E-state index contributed by atoms with van der Waals surface area (Å²) in [6.07, 6.45) is 0. The third-order valence-electron chi connectivity index (χ3n) is 2.92. The van der Waals surface area contributed by atoms with E-state index >= 15 is 0 Å². The van der Waals surface area contributed by atoms with E-state index in [4.69, 9.17) is 4.74 Å². The van der Waals surface area contributed by atoms with Crippen molar-refractivity contribution in [1.29, 1.82) is 0 Å². The Bertz CT molecular complexity index is 492. The lowest BCUT2D eigenvalue weighted by Gasteiger charge is -2.25. The van der Waals surface area contributed by atoms with Crippen LogP contribution in [0.2, 0.25) is 0 Å². The van der Waals surface area contributed by atoms with Gasteiger partial charge in [0.15, 0.2) is 5.78 Å². The highest BCUT2D eigenvalue weighted by atomic mass is 16.5. The number of ketones is 1. The van der Waals surface area contributed by atoms with Crippen LogP contribution in [0.15, 0.2) is 24.3 Å². The van der Waals surface area contributed by atoms with Gasteiger partial charge in [0.2, 0.25) is 0 Å². The van der Waals surface area contributed by atoms with E-state index < -0.39 is 10.8 Å². The minimum atomic E-state index is -0.808. The maximum atomic E-state index is 12.4. The monoisotopic (exact) mass is 278 g/mol. The van der Waals surface area contributed by atoms with Gasteiger partial charge in [0.1, 0.15) is 12.4 Å². The summed E-state index contributed by atoms with van der Waals surface area (Å²) in [5, 5.41) is 9.23. The van der Waals surface area contributed by atoms with Gasteiger partial charge in [-0.2, -0.15) is 0 Å². The standard InChI is InChI=1S/C16H22O4/c1-15(2,3)14(19)20-10-16(4,5)13(18)11-6-8-12(17)9-7-11/h6-9,17H,10H2,1-5H3. The smallest absolute Gasteiger partial charge is 0.311 e. The molecule has 0 aliphatic rings. The third kappa shape index (κ3) is 4.08. The van der Waals surface area contributed by atoms with Gasteiger partial charge in [-0.15, -0.1) is 0 Å². The summed E-state index contributed by atoms with van der Waals surface area (Å²) in [4.78, 5) is 24.1. The summed E-state index contributed by atoms with van der Waals surface area (Å²) in [7, 11) is 0. The summed E-state index contributed by atoms with van der Waals surface area (Å²) >= 11 is 0. The van der Waals surface area contributed by atoms with Crippen LogP contribution >= 0.6 is 0 Å². The molecule has 4 nitrogen and oxygen atoms in total. The highest BCUT2D eigenvalue weighted by Crippen LogP contribution is 2.25. The first-order chi connectivity index (χ1) is 9.04. The molecule has 0 saturated carbocycles. The van der Waals surface area contributed by atoms with Crippen molar-refractivity contribution in [1.82, 2.24) is 0 Å². The summed E-state index contributed by atoms with van der Waals surface area (Å²) in [6.45, 7) is 8.80. The molecule has 0 saturated heterocycles. The molecule has 0 atom stereocenters. The van der Waals surface area contributed by atoms with E-state index in [1.807, 2.05) is 0 Å². The van der Waals surface area contributed by atoms with Crippen LogP contribution in [0.5, 0.6) is 5.75 Å². The van der Waals surface area contributed by atoms with Crippen molar-refractivity contribution in [2.45, 2.75) is 34.6 Å². The number of ether oxygens (including phenoxy) is 1. The van der Waals surface area contributed by atoms with Gasteiger partial charge in [-0.25, -0.2) is 0 Å². The number of rotatable bonds is 4. The van der Waals surface area contributed by atoms with Crippen LogP contribution in [0.1, 0.15) is 45.0 Å². The van der Waals surface area contributed by atoms with Crippen molar-refractivity contribution in [2.75, 3.05) is 6.61 Å². The molecule has 1 rings (SSSR count). The van der Waals surface area contributed by atoms with Gasteiger partial charge in [0, 0.05) is 5.56 Å². The highest BCUT2D eigenvalue weighted by molar-refractivity contribution is 6.00. The van der Waals surface area contributed by atoms with Crippen molar-refractivity contribution < 1.29 is 19.4 Å². The molecular formula is C16H22O4. The Labute approximate surface area is 119 Å². The maximum absolute atomic E-state index is 12.4. The van der Waals surface area contributed by atoms with E-state index in [1.54, 1.807) is 46.8 Å². The number of hydrogen-bond acceptors (Lipinski definition) is 4. The summed E-state index contributed by atoms with van der Waals surface area (Å²) < 4.78 is 5.23. The molecule has 0 heterocycles. The zero-order chi connectivity index (χ0) is 15.6. The lowest BCUT2D eigenvalue weighted by atomic mass is 9.85. The Morgan fingerprint density at radius 1 is 1.05 bits per heavy atom. The first-order valence-corrected chi connectivity index (χ1v) is 6.55. The van der Waals surface area contributed by atoms with Crippen LogP contribution in [0.3, 0.4) is 0 Å². The molecule has 1 aromatic carbocycles. The lowest BCUT2D eigenvalue weighted by molar-refractivity contribution is -0.155. The number of carbonyl (C=O) groups is 2. The van der Waals surface area contributed by atoms with Crippen LogP contribution < -0.4 is 0 Å². The fourth-order valence-corrected chi connectivity index (χ4v) is 1.53. The Morgan fingerprint density at radius 3 is 2.00 bits per heavy atom. The number of phenolic OH excluding ortho intramolecular Hbond substituents is 1. The first-order valence-electron chi connectivity index (χ1n) is 6.55. The van der Waals surface area contributed by atoms with Crippen molar-refractivity contribution in [3.63, 3.8) is 0 Å². The molecule has 0 aliphatic heterocycles. The van der Waals surface area contributed by atoms with Gasteiger partial charge in [-0.05, 0) is 58.9 Å². The molecule has 0 unspecified atom stereocenters. The van der Waals surface area contributed by atoms with E-state index in [9.17, 15) is 14.7 Å². The molecule has 20 heavy (non-hydrogen) atoms. The predicted octanol–water partition coefficient (Wildman–Crippen LogP) is 3.19. The maximum Gasteiger partial charge on any atom is 0.311 e. The van der Waals surface area contributed by atoms with Crippen molar-refractivity contribution >= 4 is 11.8 Å². The van der Waals surface area contributed by atoms with Crippen molar-refractivity contribution in [3.8, 4) is 5.75 Å². The van der Waals surface area contributed by atoms with E-state index in [0.717, 1.165) is 0 Å². The van der Waals surface area contributed by atoms with Crippen LogP contribution in [0, 0.1) is 10.8 Å². The molecule has 1 aromatic rings. The number of esters is 1. The molecule has 0 spiro atoms. The van der Waals surface area contributed by atoms with Gasteiger partial charge in [0.25, 0.3) is 0 Å². The second kappa shape index (κ2) is 5.65. The first kappa shape index (κ1) is 16.2. The third-order valence-corrected chi connectivity index (χ3v) is 2.92. The van der Waals surface area contributed by atoms with E-state index in [2.05, 4.69) is 0 Å². The van der Waals surface area contributed by atoms with Gasteiger partial charge >= 0.3 is 5.97 Å². The normalized spacial score (nSPS) is 12.1. The highest BCUT2D eigenvalue weighted by Gasteiger charge is 2.32. The summed E-state index contributed by atoms with van der Waals surface area (Å²) in [5.74, 6) is -0.346. The minimum absolute atomic E-state index is 0.0306. The van der Waals surface area contributed by atoms with E-state index in [0.29, 0.717) is 5.56 Å². The molecule has 0 radical (unpaired) electrons. The lowest BCUT2D eigenvalue weighted by Crippen LogP contribution is -2.33. The molecule has 110 valence electrons. The molecule has 0 aromatic heterocycles. The Morgan fingerprint density at radius 2 is 1.55 bits per heavy atom. The Kier molecular flexibility index (Phi) is 4.58. The second-order valence-electron chi connectivity index (χ2n) is 6.59. The van der Waals surface area contributed by atoms with Crippen LogP contribution in [-0.2, 0) is 9.53 Å². The van der Waals surface area contributed by atoms with Gasteiger partial charge in [-0.1, -0.05) is 0 Å². The fraction of sp³-hybridized carbons (Fsp3) is 0.500. The van der Waals surface area contributed by atoms with E-state index in [-0.39, 0.29) is 24.1 Å². The molecule has 0 amide bonds.